The highest BCUT2D eigenvalue weighted by atomic mass is 35.5. The van der Waals surface area contributed by atoms with Gasteiger partial charge in [0, 0.05) is 11.6 Å². The summed E-state index contributed by atoms with van der Waals surface area (Å²) < 4.78 is 20.2. The first-order chi connectivity index (χ1) is 15.4. The molecule has 32 heavy (non-hydrogen) atoms. The summed E-state index contributed by atoms with van der Waals surface area (Å²) in [6.07, 6.45) is 1.38. The minimum Gasteiger partial charge on any atom is -0.388 e. The lowest BCUT2D eigenvalue weighted by molar-refractivity contribution is -0.197. The van der Waals surface area contributed by atoms with Crippen molar-refractivity contribution in [2.24, 2.45) is 0 Å². The smallest absolute Gasteiger partial charge is 0.181 e. The van der Waals surface area contributed by atoms with E-state index in [2.05, 4.69) is 27.3 Å². The van der Waals surface area contributed by atoms with Gasteiger partial charge in [0.2, 0.25) is 0 Å². The minimum absolute atomic E-state index is 0.108. The fourth-order valence-electron chi connectivity index (χ4n) is 4.37. The van der Waals surface area contributed by atoms with Crippen molar-refractivity contribution in [3.05, 3.63) is 46.9 Å². The highest BCUT2D eigenvalue weighted by molar-refractivity contribution is 6.31. The van der Waals surface area contributed by atoms with E-state index < -0.39 is 12.0 Å². The number of rotatable bonds is 6. The summed E-state index contributed by atoms with van der Waals surface area (Å²) in [6, 6.07) is 7.60. The van der Waals surface area contributed by atoms with Crippen molar-refractivity contribution in [1.82, 2.24) is 19.7 Å². The van der Waals surface area contributed by atoms with E-state index in [1.54, 1.807) is 10.9 Å². The van der Waals surface area contributed by atoms with Gasteiger partial charge in [0.1, 0.15) is 24.6 Å². The van der Waals surface area contributed by atoms with Crippen LogP contribution in [0.1, 0.15) is 44.8 Å². The third-order valence-electron chi connectivity index (χ3n) is 5.81. The molecule has 3 aromatic rings. The Morgan fingerprint density at radius 1 is 1.19 bits per heavy atom. The van der Waals surface area contributed by atoms with Crippen LogP contribution in [-0.2, 0) is 27.4 Å². The zero-order valence-electron chi connectivity index (χ0n) is 18.2. The largest absolute Gasteiger partial charge is 0.388 e. The summed E-state index contributed by atoms with van der Waals surface area (Å²) >= 11 is 6.29. The molecule has 5 rings (SSSR count). The zero-order valence-corrected chi connectivity index (χ0v) is 18.9. The van der Waals surface area contributed by atoms with Crippen molar-refractivity contribution in [3.63, 3.8) is 0 Å². The van der Waals surface area contributed by atoms with Gasteiger partial charge in [-0.3, -0.25) is 0 Å². The lowest BCUT2D eigenvalue weighted by Crippen LogP contribution is -2.28. The van der Waals surface area contributed by atoms with Crippen LogP contribution in [0.15, 0.2) is 30.5 Å². The van der Waals surface area contributed by atoms with E-state index in [-0.39, 0.29) is 30.7 Å². The molecule has 0 bridgehead atoms. The second-order valence-corrected chi connectivity index (χ2v) is 8.86. The van der Waals surface area contributed by atoms with Crippen LogP contribution in [0.4, 0.5) is 5.82 Å². The number of fused-ring (bicyclic) bond motifs is 2. The van der Waals surface area contributed by atoms with Crippen LogP contribution in [0.3, 0.4) is 0 Å². The van der Waals surface area contributed by atoms with Gasteiger partial charge in [-0.25, -0.2) is 14.6 Å². The summed E-state index contributed by atoms with van der Waals surface area (Å²) in [5, 5.41) is 19.0. The molecule has 2 fully saturated rings. The number of hydrogen-bond acceptors (Lipinski definition) is 8. The van der Waals surface area contributed by atoms with Gasteiger partial charge in [0.15, 0.2) is 23.5 Å². The van der Waals surface area contributed by atoms with E-state index in [9.17, 15) is 5.11 Å². The Balaban J connectivity index is 1.50. The summed E-state index contributed by atoms with van der Waals surface area (Å²) in [7, 11) is 0. The molecule has 0 unspecified atom stereocenters. The number of benzene rings is 1. The summed E-state index contributed by atoms with van der Waals surface area (Å²) in [5.41, 5.74) is 1.49. The normalized spacial score (nSPS) is 26.5. The van der Waals surface area contributed by atoms with E-state index in [1.165, 1.54) is 0 Å². The minimum atomic E-state index is -0.694. The number of halogens is 1. The van der Waals surface area contributed by atoms with E-state index >= 15 is 0 Å². The standard InChI is InChI=1S/C22H26ClN5O4/c1-4-15-17-18(32-22(2,3)31-17)21(30-15)28-20-13(10-25-28)19(26-16(11-29)27-20)24-9-12-7-5-6-8-14(12)23/h5-8,10,15,17-18,21,29H,4,9,11H2,1-3H3,(H,24,26,27)/t15-,17-,18-,21-/m1/s1. The van der Waals surface area contributed by atoms with Gasteiger partial charge in [-0.05, 0) is 31.9 Å². The van der Waals surface area contributed by atoms with Crippen LogP contribution < -0.4 is 5.32 Å². The van der Waals surface area contributed by atoms with Crippen molar-refractivity contribution in [2.45, 2.75) is 70.7 Å². The molecule has 2 aliphatic heterocycles. The number of aliphatic hydroxyl groups is 1. The lowest BCUT2D eigenvalue weighted by Gasteiger charge is -2.24. The summed E-state index contributed by atoms with van der Waals surface area (Å²) in [5.74, 6) is 0.155. The molecule has 0 amide bonds. The molecule has 9 nitrogen and oxygen atoms in total. The molecule has 2 aromatic heterocycles. The van der Waals surface area contributed by atoms with Gasteiger partial charge in [0.05, 0.1) is 17.7 Å². The first-order valence-electron chi connectivity index (χ1n) is 10.7. The molecule has 1 aromatic carbocycles. The quantitative estimate of drug-likeness (QED) is 0.578. The number of hydrogen-bond donors (Lipinski definition) is 2. The molecule has 2 saturated heterocycles. The monoisotopic (exact) mass is 459 g/mol. The Hall–Kier alpha value is -2.30. The Labute approximate surface area is 190 Å². The van der Waals surface area contributed by atoms with Gasteiger partial charge >= 0.3 is 0 Å². The average Bonchev–Trinajstić information content (AvgIpc) is 3.43. The molecule has 10 heteroatoms. The highest BCUT2D eigenvalue weighted by Crippen LogP contribution is 2.44. The van der Waals surface area contributed by atoms with E-state index in [0.717, 1.165) is 12.0 Å². The topological polar surface area (TPSA) is 104 Å². The molecular weight excluding hydrogens is 434 g/mol. The van der Waals surface area contributed by atoms with E-state index in [0.29, 0.717) is 28.4 Å². The molecule has 2 aliphatic rings. The summed E-state index contributed by atoms with van der Waals surface area (Å²) in [6.45, 7) is 6.03. The molecule has 0 saturated carbocycles. The SMILES string of the molecule is CC[C@H]1O[C@@H](n2ncc3c(NCc4ccccc4Cl)nc(CO)nc32)[C@@H]2OC(C)(C)O[C@@H]21. The van der Waals surface area contributed by atoms with Gasteiger partial charge in [-0.2, -0.15) is 5.10 Å². The fraction of sp³-hybridized carbons (Fsp3) is 0.500. The second-order valence-electron chi connectivity index (χ2n) is 8.46. The Bertz CT molecular complexity index is 1140. The number of anilines is 1. The number of nitrogens with zero attached hydrogens (tertiary/aromatic N) is 4. The van der Waals surface area contributed by atoms with Crippen molar-refractivity contribution in [3.8, 4) is 0 Å². The lowest BCUT2D eigenvalue weighted by atomic mass is 10.1. The predicted molar refractivity (Wildman–Crippen MR) is 118 cm³/mol. The van der Waals surface area contributed by atoms with Crippen LogP contribution >= 0.6 is 11.6 Å². The maximum absolute atomic E-state index is 9.76. The van der Waals surface area contributed by atoms with Gasteiger partial charge in [-0.1, -0.05) is 36.7 Å². The third kappa shape index (κ3) is 3.74. The number of aromatic nitrogens is 4. The Morgan fingerprint density at radius 3 is 2.72 bits per heavy atom. The van der Waals surface area contributed by atoms with E-state index in [4.69, 9.17) is 25.8 Å². The van der Waals surface area contributed by atoms with Gasteiger partial charge in [0.25, 0.3) is 0 Å². The Kier molecular flexibility index (Phi) is 5.55. The summed E-state index contributed by atoms with van der Waals surface area (Å²) in [4.78, 5) is 8.99. The van der Waals surface area contributed by atoms with Crippen LogP contribution in [0.25, 0.3) is 11.0 Å². The van der Waals surface area contributed by atoms with Gasteiger partial charge < -0.3 is 24.6 Å². The van der Waals surface area contributed by atoms with E-state index in [1.807, 2.05) is 38.1 Å². The van der Waals surface area contributed by atoms with Gasteiger partial charge in [-0.15, -0.1) is 0 Å². The van der Waals surface area contributed by atoms with Crippen molar-refractivity contribution < 1.29 is 19.3 Å². The Morgan fingerprint density at radius 2 is 1.97 bits per heavy atom. The molecule has 0 aliphatic carbocycles. The molecule has 0 radical (unpaired) electrons. The maximum Gasteiger partial charge on any atom is 0.181 e. The van der Waals surface area contributed by atoms with Crippen LogP contribution in [0.2, 0.25) is 5.02 Å². The molecule has 4 heterocycles. The number of nitrogens with one attached hydrogen (secondary N) is 1. The third-order valence-corrected chi connectivity index (χ3v) is 6.18. The average molecular weight is 460 g/mol. The molecular formula is C22H26ClN5O4. The fourth-order valence-corrected chi connectivity index (χ4v) is 4.57. The molecule has 170 valence electrons. The molecule has 0 spiro atoms. The number of aliphatic hydroxyl groups excluding tert-OH is 1. The van der Waals surface area contributed by atoms with Crippen LogP contribution in [-0.4, -0.2) is 49.0 Å². The predicted octanol–water partition coefficient (Wildman–Crippen LogP) is 3.41. The maximum atomic E-state index is 9.76. The second kappa shape index (κ2) is 8.24. The first-order valence-corrected chi connectivity index (χ1v) is 11.1. The zero-order chi connectivity index (χ0) is 22.5. The van der Waals surface area contributed by atoms with Crippen molar-refractivity contribution >= 4 is 28.5 Å². The molecule has 2 N–H and O–H groups in total. The first kappa shape index (κ1) is 21.5. The number of ether oxygens (including phenoxy) is 3. The van der Waals surface area contributed by atoms with Crippen molar-refractivity contribution in [1.29, 1.82) is 0 Å². The van der Waals surface area contributed by atoms with Crippen molar-refractivity contribution in [2.75, 3.05) is 5.32 Å². The van der Waals surface area contributed by atoms with Crippen LogP contribution in [0, 0.1) is 0 Å². The molecule has 4 atom stereocenters. The highest BCUT2D eigenvalue weighted by Gasteiger charge is 2.55. The van der Waals surface area contributed by atoms with Crippen LogP contribution in [0.5, 0.6) is 0 Å².